The molecular weight excluding hydrogens is 364 g/mol. The summed E-state index contributed by atoms with van der Waals surface area (Å²) in [6.45, 7) is 1.08. The van der Waals surface area contributed by atoms with Gasteiger partial charge in [-0.25, -0.2) is 0 Å². The van der Waals surface area contributed by atoms with Gasteiger partial charge in [0.15, 0.2) is 0 Å². The van der Waals surface area contributed by atoms with Gasteiger partial charge in [0.2, 0.25) is 0 Å². The molecule has 148 valence electrons. The van der Waals surface area contributed by atoms with Crippen molar-refractivity contribution >= 4 is 11.1 Å². The minimum Gasteiger partial charge on any atom is -0.326 e. The Kier molecular flexibility index (Phi) is 6.19. The van der Waals surface area contributed by atoms with Crippen molar-refractivity contribution in [3.05, 3.63) is 143 Å². The summed E-state index contributed by atoms with van der Waals surface area (Å²) >= 11 is 0. The number of benzene rings is 4. The van der Waals surface area contributed by atoms with E-state index in [1.807, 2.05) is 0 Å². The van der Waals surface area contributed by atoms with Crippen LogP contribution in [0, 0.1) is 0 Å². The summed E-state index contributed by atoms with van der Waals surface area (Å²) < 4.78 is 0. The first-order valence-electron chi connectivity index (χ1n) is 10.2. The van der Waals surface area contributed by atoms with Crippen LogP contribution in [0.2, 0.25) is 0 Å². The fourth-order valence-electron chi connectivity index (χ4n) is 3.74. The third-order valence-electron chi connectivity index (χ3n) is 5.33. The van der Waals surface area contributed by atoms with Gasteiger partial charge in [-0.2, -0.15) is 0 Å². The quantitative estimate of drug-likeness (QED) is 0.420. The van der Waals surface area contributed by atoms with E-state index in [-0.39, 0.29) is 0 Å². The Balaban J connectivity index is 2.03. The van der Waals surface area contributed by atoms with Crippen LogP contribution in [0.1, 0.15) is 33.4 Å². The average molecular weight is 391 g/mol. The molecule has 4 aromatic carbocycles. The molecule has 0 saturated carbocycles. The molecule has 0 amide bonds. The summed E-state index contributed by atoms with van der Waals surface area (Å²) in [4.78, 5) is 0. The van der Waals surface area contributed by atoms with Gasteiger partial charge in [-0.15, -0.1) is 0 Å². The summed E-state index contributed by atoms with van der Waals surface area (Å²) in [5.41, 5.74) is 21.0. The molecule has 0 spiro atoms. The summed E-state index contributed by atoms with van der Waals surface area (Å²) in [5, 5.41) is 0. The second-order valence-electron chi connectivity index (χ2n) is 7.28. The second-order valence-corrected chi connectivity index (χ2v) is 7.28. The predicted octanol–water partition coefficient (Wildman–Crippen LogP) is 5.61. The second kappa shape index (κ2) is 9.36. The zero-order valence-electron chi connectivity index (χ0n) is 17.0. The summed E-state index contributed by atoms with van der Waals surface area (Å²) in [7, 11) is 0. The number of nitrogens with two attached hydrogens (primary N) is 2. The lowest BCUT2D eigenvalue weighted by Crippen LogP contribution is -2.00. The molecule has 4 rings (SSSR count). The van der Waals surface area contributed by atoms with Gasteiger partial charge < -0.3 is 11.5 Å². The van der Waals surface area contributed by atoms with Crippen molar-refractivity contribution in [3.8, 4) is 0 Å². The Hall–Kier alpha value is -3.46. The van der Waals surface area contributed by atoms with Gasteiger partial charge in [0, 0.05) is 13.1 Å². The average Bonchev–Trinajstić information content (AvgIpc) is 2.84. The van der Waals surface area contributed by atoms with E-state index in [1.54, 1.807) is 0 Å². The molecule has 2 nitrogen and oxygen atoms in total. The minimum absolute atomic E-state index is 0.538. The Bertz CT molecular complexity index is 1020. The fourth-order valence-corrected chi connectivity index (χ4v) is 3.74. The maximum atomic E-state index is 5.83. The van der Waals surface area contributed by atoms with Crippen LogP contribution in [0.3, 0.4) is 0 Å². The molecule has 4 aromatic rings. The van der Waals surface area contributed by atoms with Crippen LogP contribution in [-0.2, 0) is 13.1 Å². The molecule has 0 heterocycles. The van der Waals surface area contributed by atoms with Crippen LogP contribution in [0.5, 0.6) is 0 Å². The molecule has 0 fully saturated rings. The highest BCUT2D eigenvalue weighted by atomic mass is 14.5. The maximum Gasteiger partial charge on any atom is 0.0178 e. The number of hydrogen-bond donors (Lipinski definition) is 2. The first-order chi connectivity index (χ1) is 14.8. The van der Waals surface area contributed by atoms with Gasteiger partial charge >= 0.3 is 0 Å². The smallest absolute Gasteiger partial charge is 0.0178 e. The highest BCUT2D eigenvalue weighted by Gasteiger charge is 2.16. The molecule has 0 aliphatic heterocycles. The lowest BCUT2D eigenvalue weighted by atomic mass is 9.85. The molecule has 0 radical (unpaired) electrons. The fraction of sp³-hybridized carbons (Fsp3) is 0.0714. The predicted molar refractivity (Wildman–Crippen MR) is 127 cm³/mol. The molecule has 4 N–H and O–H groups in total. The van der Waals surface area contributed by atoms with E-state index in [9.17, 15) is 0 Å². The monoisotopic (exact) mass is 390 g/mol. The van der Waals surface area contributed by atoms with E-state index in [2.05, 4.69) is 109 Å². The van der Waals surface area contributed by atoms with Gasteiger partial charge in [-0.3, -0.25) is 0 Å². The lowest BCUT2D eigenvalue weighted by molar-refractivity contribution is 1.07. The van der Waals surface area contributed by atoms with E-state index < -0.39 is 0 Å². The maximum absolute atomic E-state index is 5.83. The molecular formula is C28H26N2. The lowest BCUT2D eigenvalue weighted by Gasteiger charge is -2.18. The van der Waals surface area contributed by atoms with Crippen LogP contribution >= 0.6 is 0 Å². The summed E-state index contributed by atoms with van der Waals surface area (Å²) in [6.07, 6.45) is 0. The standard InChI is InChI=1S/C28H26N2/c29-19-21-11-15-25(16-12-21)27(23-7-3-1-4-8-23)28(24-9-5-2-6-10-24)26-17-13-22(20-30)14-18-26/h1-18H,19-20,29-30H2/b28-27-. The Labute approximate surface area is 178 Å². The van der Waals surface area contributed by atoms with Gasteiger partial charge in [-0.05, 0) is 44.5 Å². The third-order valence-corrected chi connectivity index (χ3v) is 5.33. The van der Waals surface area contributed by atoms with E-state index >= 15 is 0 Å². The SMILES string of the molecule is NCc1ccc(/C(=C(/c2ccccc2)c2ccc(CN)cc2)c2ccccc2)cc1. The van der Waals surface area contributed by atoms with E-state index in [0.717, 1.165) is 11.1 Å². The Morgan fingerprint density at radius 3 is 1.00 bits per heavy atom. The number of hydrogen-bond acceptors (Lipinski definition) is 2. The van der Waals surface area contributed by atoms with E-state index in [0.29, 0.717) is 13.1 Å². The largest absolute Gasteiger partial charge is 0.326 e. The van der Waals surface area contributed by atoms with Gasteiger partial charge in [0.1, 0.15) is 0 Å². The summed E-state index contributed by atoms with van der Waals surface area (Å²) in [6, 6.07) is 38.2. The van der Waals surface area contributed by atoms with Crippen molar-refractivity contribution in [2.75, 3.05) is 0 Å². The molecule has 0 aliphatic carbocycles. The van der Waals surface area contributed by atoms with E-state index in [4.69, 9.17) is 11.5 Å². The van der Waals surface area contributed by atoms with Crippen molar-refractivity contribution in [2.45, 2.75) is 13.1 Å². The van der Waals surface area contributed by atoms with Crippen molar-refractivity contribution in [3.63, 3.8) is 0 Å². The van der Waals surface area contributed by atoms with Gasteiger partial charge in [0.05, 0.1) is 0 Å². The molecule has 0 bridgehead atoms. The van der Waals surface area contributed by atoms with Gasteiger partial charge in [-0.1, -0.05) is 109 Å². The van der Waals surface area contributed by atoms with Crippen molar-refractivity contribution in [1.29, 1.82) is 0 Å². The topological polar surface area (TPSA) is 52.0 Å². The molecule has 0 aromatic heterocycles. The summed E-state index contributed by atoms with van der Waals surface area (Å²) in [5.74, 6) is 0. The zero-order chi connectivity index (χ0) is 20.8. The molecule has 30 heavy (non-hydrogen) atoms. The van der Waals surface area contributed by atoms with Crippen molar-refractivity contribution < 1.29 is 0 Å². The van der Waals surface area contributed by atoms with Crippen LogP contribution in [-0.4, -0.2) is 0 Å². The Morgan fingerprint density at radius 1 is 0.400 bits per heavy atom. The normalized spacial score (nSPS) is 11.8. The Morgan fingerprint density at radius 2 is 0.700 bits per heavy atom. The minimum atomic E-state index is 0.538. The first kappa shape index (κ1) is 19.8. The molecule has 0 aliphatic rings. The molecule has 0 unspecified atom stereocenters. The third kappa shape index (κ3) is 4.25. The first-order valence-corrected chi connectivity index (χ1v) is 10.2. The van der Waals surface area contributed by atoms with Crippen LogP contribution in [0.4, 0.5) is 0 Å². The number of rotatable bonds is 6. The highest BCUT2D eigenvalue weighted by molar-refractivity contribution is 6.04. The molecule has 0 saturated heterocycles. The van der Waals surface area contributed by atoms with E-state index in [1.165, 1.54) is 33.4 Å². The van der Waals surface area contributed by atoms with Crippen molar-refractivity contribution in [2.24, 2.45) is 11.5 Å². The van der Waals surface area contributed by atoms with Crippen LogP contribution < -0.4 is 11.5 Å². The molecule has 2 heteroatoms. The van der Waals surface area contributed by atoms with Crippen LogP contribution in [0.25, 0.3) is 11.1 Å². The van der Waals surface area contributed by atoms with Crippen molar-refractivity contribution in [1.82, 2.24) is 0 Å². The van der Waals surface area contributed by atoms with Crippen LogP contribution in [0.15, 0.2) is 109 Å². The molecule has 0 atom stereocenters. The van der Waals surface area contributed by atoms with Gasteiger partial charge in [0.25, 0.3) is 0 Å². The zero-order valence-corrected chi connectivity index (χ0v) is 17.0. The highest BCUT2D eigenvalue weighted by Crippen LogP contribution is 2.36.